The molecule has 2 nitrogen and oxygen atoms in total. The summed E-state index contributed by atoms with van der Waals surface area (Å²) < 4.78 is 0.723. The fourth-order valence-electron chi connectivity index (χ4n) is 1.31. The molecule has 0 radical (unpaired) electrons. The average molecular weight is 281 g/mol. The number of hydrogen-bond donors (Lipinski definition) is 0. The molecule has 1 aliphatic rings. The van der Waals surface area contributed by atoms with Gasteiger partial charge in [-0.2, -0.15) is 0 Å². The van der Waals surface area contributed by atoms with E-state index in [9.17, 15) is 4.79 Å². The molecule has 2 rings (SSSR count). The van der Waals surface area contributed by atoms with Crippen molar-refractivity contribution >= 4 is 49.8 Å². The molecule has 1 atom stereocenters. The quantitative estimate of drug-likeness (QED) is 0.724. The van der Waals surface area contributed by atoms with E-state index >= 15 is 0 Å². The monoisotopic (exact) mass is 279 g/mol. The van der Waals surface area contributed by atoms with E-state index in [0.29, 0.717) is 0 Å². The molecule has 1 aliphatic heterocycles. The first-order valence-electron chi connectivity index (χ1n) is 3.89. The zero-order chi connectivity index (χ0) is 9.42. The standard InChI is InChI=1S/C8H7BrClNOS/c9-5-3-4-11(8(5)12)7-2-1-6(10)13-7/h1-2,5H,3-4H2. The molecule has 1 unspecified atom stereocenters. The van der Waals surface area contributed by atoms with Crippen molar-refractivity contribution in [2.75, 3.05) is 11.4 Å². The molecule has 1 saturated heterocycles. The first kappa shape index (κ1) is 9.49. The molecule has 13 heavy (non-hydrogen) atoms. The predicted molar refractivity (Wildman–Crippen MR) is 59.0 cm³/mol. The lowest BCUT2D eigenvalue weighted by Crippen LogP contribution is -2.25. The summed E-state index contributed by atoms with van der Waals surface area (Å²) in [7, 11) is 0. The van der Waals surface area contributed by atoms with Gasteiger partial charge in [-0.05, 0) is 18.6 Å². The number of halogens is 2. The van der Waals surface area contributed by atoms with Crippen LogP contribution in [0.5, 0.6) is 0 Å². The smallest absolute Gasteiger partial charge is 0.241 e. The van der Waals surface area contributed by atoms with Gasteiger partial charge in [-0.1, -0.05) is 27.5 Å². The zero-order valence-electron chi connectivity index (χ0n) is 6.67. The van der Waals surface area contributed by atoms with Crippen molar-refractivity contribution < 1.29 is 4.79 Å². The molecule has 1 aromatic rings. The number of carbonyl (C=O) groups is 1. The Morgan fingerprint density at radius 2 is 2.38 bits per heavy atom. The molecule has 1 amide bonds. The van der Waals surface area contributed by atoms with Crippen molar-refractivity contribution in [1.82, 2.24) is 0 Å². The van der Waals surface area contributed by atoms with E-state index in [4.69, 9.17) is 11.6 Å². The fraction of sp³-hybridized carbons (Fsp3) is 0.375. The van der Waals surface area contributed by atoms with E-state index in [-0.39, 0.29) is 10.7 Å². The Hall–Kier alpha value is -0.0600. The Kier molecular flexibility index (Phi) is 2.62. The van der Waals surface area contributed by atoms with Crippen LogP contribution >= 0.6 is 38.9 Å². The van der Waals surface area contributed by atoms with E-state index in [0.717, 1.165) is 22.3 Å². The number of nitrogens with zero attached hydrogens (tertiary/aromatic N) is 1. The second kappa shape index (κ2) is 3.59. The van der Waals surface area contributed by atoms with Crippen molar-refractivity contribution in [3.05, 3.63) is 16.5 Å². The lowest BCUT2D eigenvalue weighted by Gasteiger charge is -2.12. The Labute approximate surface area is 93.6 Å². The average Bonchev–Trinajstić information content (AvgIpc) is 2.62. The molecule has 0 aliphatic carbocycles. The van der Waals surface area contributed by atoms with Gasteiger partial charge >= 0.3 is 0 Å². The summed E-state index contributed by atoms with van der Waals surface area (Å²) in [5.41, 5.74) is 0. The minimum atomic E-state index is -0.0200. The van der Waals surface area contributed by atoms with E-state index in [1.807, 2.05) is 12.1 Å². The highest BCUT2D eigenvalue weighted by Gasteiger charge is 2.30. The highest BCUT2D eigenvalue weighted by Crippen LogP contribution is 2.33. The third-order valence-corrected chi connectivity index (χ3v) is 4.07. The first-order chi connectivity index (χ1) is 6.18. The Balaban J connectivity index is 2.23. The third-order valence-electron chi connectivity index (χ3n) is 1.97. The molecule has 0 aromatic carbocycles. The lowest BCUT2D eigenvalue weighted by atomic mass is 10.4. The van der Waals surface area contributed by atoms with Gasteiger partial charge in [0.2, 0.25) is 5.91 Å². The van der Waals surface area contributed by atoms with Gasteiger partial charge in [-0.25, -0.2) is 0 Å². The van der Waals surface area contributed by atoms with Gasteiger partial charge in [0, 0.05) is 6.54 Å². The number of thiophene rings is 1. The molecule has 0 N–H and O–H groups in total. The Morgan fingerprint density at radius 3 is 2.85 bits per heavy atom. The van der Waals surface area contributed by atoms with E-state index in [1.54, 1.807) is 4.90 Å². The van der Waals surface area contributed by atoms with Crippen molar-refractivity contribution in [3.8, 4) is 0 Å². The number of alkyl halides is 1. The summed E-state index contributed by atoms with van der Waals surface area (Å²) in [4.78, 5) is 13.3. The second-order valence-electron chi connectivity index (χ2n) is 2.82. The Bertz CT molecular complexity index is 341. The summed E-state index contributed by atoms with van der Waals surface area (Å²) in [5, 5.41) is 0.942. The molecule has 5 heteroatoms. The van der Waals surface area contributed by atoms with Crippen LogP contribution in [0.4, 0.5) is 5.00 Å². The summed E-state index contributed by atoms with van der Waals surface area (Å²) >= 11 is 10.6. The van der Waals surface area contributed by atoms with E-state index in [2.05, 4.69) is 15.9 Å². The van der Waals surface area contributed by atoms with Gasteiger partial charge in [0.1, 0.15) is 0 Å². The Morgan fingerprint density at radius 1 is 1.62 bits per heavy atom. The van der Waals surface area contributed by atoms with Gasteiger partial charge in [0.05, 0.1) is 14.2 Å². The van der Waals surface area contributed by atoms with Crippen LogP contribution in [0.3, 0.4) is 0 Å². The van der Waals surface area contributed by atoms with Crippen molar-refractivity contribution in [1.29, 1.82) is 0 Å². The second-order valence-corrected chi connectivity index (χ2v) is 5.62. The van der Waals surface area contributed by atoms with Crippen LogP contribution in [0.25, 0.3) is 0 Å². The first-order valence-corrected chi connectivity index (χ1v) is 6.00. The molecule has 0 saturated carbocycles. The van der Waals surface area contributed by atoms with E-state index in [1.165, 1.54) is 11.3 Å². The maximum absolute atomic E-state index is 11.6. The van der Waals surface area contributed by atoms with Gasteiger partial charge in [-0.3, -0.25) is 4.79 Å². The normalized spacial score (nSPS) is 22.8. The molecule has 1 aromatic heterocycles. The maximum Gasteiger partial charge on any atom is 0.241 e. The highest BCUT2D eigenvalue weighted by molar-refractivity contribution is 9.10. The summed E-state index contributed by atoms with van der Waals surface area (Å²) in [6.07, 6.45) is 0.869. The number of carbonyl (C=O) groups excluding carboxylic acids is 1. The molecule has 0 bridgehead atoms. The summed E-state index contributed by atoms with van der Waals surface area (Å²) in [6, 6.07) is 3.70. The maximum atomic E-state index is 11.6. The van der Waals surface area contributed by atoms with Crippen LogP contribution in [0, 0.1) is 0 Å². The summed E-state index contributed by atoms with van der Waals surface area (Å²) in [6.45, 7) is 0.783. The van der Waals surface area contributed by atoms with E-state index < -0.39 is 0 Å². The zero-order valence-corrected chi connectivity index (χ0v) is 9.82. The molecule has 2 heterocycles. The molecule has 0 spiro atoms. The fourth-order valence-corrected chi connectivity index (χ4v) is 2.83. The minimum Gasteiger partial charge on any atom is -0.303 e. The van der Waals surface area contributed by atoms with Gasteiger partial charge < -0.3 is 4.90 Å². The molecular weight excluding hydrogens is 274 g/mol. The number of hydrogen-bond acceptors (Lipinski definition) is 2. The number of amides is 1. The minimum absolute atomic E-state index is 0.0200. The van der Waals surface area contributed by atoms with Crippen LogP contribution in [0.2, 0.25) is 4.34 Å². The lowest BCUT2D eigenvalue weighted by molar-refractivity contribution is -0.116. The van der Waals surface area contributed by atoms with Gasteiger partial charge in [0.15, 0.2) is 0 Å². The van der Waals surface area contributed by atoms with Crippen molar-refractivity contribution in [2.24, 2.45) is 0 Å². The molecule has 70 valence electrons. The molecular formula is C8H7BrClNOS. The predicted octanol–water partition coefficient (Wildman–Crippen LogP) is 2.90. The van der Waals surface area contributed by atoms with Crippen LogP contribution in [-0.2, 0) is 4.79 Å². The van der Waals surface area contributed by atoms with Crippen LogP contribution in [-0.4, -0.2) is 17.3 Å². The summed E-state index contributed by atoms with van der Waals surface area (Å²) in [5.74, 6) is 0.138. The third kappa shape index (κ3) is 1.75. The van der Waals surface area contributed by atoms with Crippen LogP contribution < -0.4 is 4.90 Å². The van der Waals surface area contributed by atoms with Gasteiger partial charge in [-0.15, -0.1) is 11.3 Å². The van der Waals surface area contributed by atoms with Gasteiger partial charge in [0.25, 0.3) is 0 Å². The highest BCUT2D eigenvalue weighted by atomic mass is 79.9. The molecule has 1 fully saturated rings. The van der Waals surface area contributed by atoms with Crippen molar-refractivity contribution in [2.45, 2.75) is 11.2 Å². The topological polar surface area (TPSA) is 20.3 Å². The number of rotatable bonds is 1. The number of anilines is 1. The van der Waals surface area contributed by atoms with Crippen molar-refractivity contribution in [3.63, 3.8) is 0 Å². The van der Waals surface area contributed by atoms with Crippen LogP contribution in [0.15, 0.2) is 12.1 Å². The van der Waals surface area contributed by atoms with Crippen LogP contribution in [0.1, 0.15) is 6.42 Å². The largest absolute Gasteiger partial charge is 0.303 e. The SMILES string of the molecule is O=C1C(Br)CCN1c1ccc(Cl)s1.